The zero-order chi connectivity index (χ0) is 13.1. The zero-order valence-electron chi connectivity index (χ0n) is 10.5. The molecular formula is C11H16N4OS2. The quantitative estimate of drug-likeness (QED) is 0.821. The molecule has 0 aliphatic heterocycles. The molecule has 2 rings (SSSR count). The van der Waals surface area contributed by atoms with E-state index >= 15 is 0 Å². The molecular weight excluding hydrogens is 268 g/mol. The molecule has 0 spiro atoms. The van der Waals surface area contributed by atoms with E-state index in [2.05, 4.69) is 34.1 Å². The van der Waals surface area contributed by atoms with Crippen LogP contribution in [0.4, 0.5) is 5.82 Å². The summed E-state index contributed by atoms with van der Waals surface area (Å²) in [7, 11) is 0. The number of rotatable bonds is 5. The number of anilines is 1. The second-order valence-corrected chi connectivity index (χ2v) is 6.29. The summed E-state index contributed by atoms with van der Waals surface area (Å²) in [5.74, 6) is 1.08. The Morgan fingerprint density at radius 1 is 1.44 bits per heavy atom. The minimum Gasteiger partial charge on any atom is -0.394 e. The normalized spacial score (nSPS) is 13.2. The standard InChI is InChI=1S/C11H16N4OS2/c1-6(2)7(4-16)14-9-8-10(13-5-12-9)15-11(17-3)18-8/h5-7,16H,4H2,1-3H3,(H,12,13,14)/t7-/m1/s1. The summed E-state index contributed by atoms with van der Waals surface area (Å²) in [6.07, 6.45) is 3.49. The molecule has 0 unspecified atom stereocenters. The minimum atomic E-state index is -0.0112. The van der Waals surface area contributed by atoms with Crippen LogP contribution in [-0.2, 0) is 0 Å². The number of hydrogen-bond donors (Lipinski definition) is 2. The highest BCUT2D eigenvalue weighted by molar-refractivity contribution is 8.00. The first-order valence-electron chi connectivity index (χ1n) is 5.68. The molecule has 5 nitrogen and oxygen atoms in total. The van der Waals surface area contributed by atoms with Gasteiger partial charge in [-0.25, -0.2) is 15.0 Å². The molecule has 1 atom stereocenters. The molecule has 0 aromatic carbocycles. The van der Waals surface area contributed by atoms with Crippen molar-refractivity contribution in [3.8, 4) is 0 Å². The molecule has 0 aliphatic rings. The van der Waals surface area contributed by atoms with Crippen LogP contribution in [-0.4, -0.2) is 39.0 Å². The summed E-state index contributed by atoms with van der Waals surface area (Å²) in [5.41, 5.74) is 0.710. The molecule has 0 fully saturated rings. The lowest BCUT2D eigenvalue weighted by atomic mass is 10.1. The molecule has 18 heavy (non-hydrogen) atoms. The fourth-order valence-electron chi connectivity index (χ4n) is 1.52. The Kier molecular flexibility index (Phi) is 4.36. The van der Waals surface area contributed by atoms with Gasteiger partial charge in [-0.15, -0.1) is 11.3 Å². The van der Waals surface area contributed by atoms with E-state index in [0.717, 1.165) is 14.9 Å². The summed E-state index contributed by atoms with van der Waals surface area (Å²) < 4.78 is 1.92. The van der Waals surface area contributed by atoms with E-state index in [-0.39, 0.29) is 12.6 Å². The summed E-state index contributed by atoms with van der Waals surface area (Å²) in [6.45, 7) is 4.20. The maximum Gasteiger partial charge on any atom is 0.176 e. The van der Waals surface area contributed by atoms with Gasteiger partial charge in [0.05, 0.1) is 12.6 Å². The molecule has 2 heterocycles. The first kappa shape index (κ1) is 13.5. The number of fused-ring (bicyclic) bond motifs is 1. The third kappa shape index (κ3) is 2.73. The SMILES string of the molecule is CSc1nc2ncnc(N[C@H](CO)C(C)C)c2s1. The van der Waals surface area contributed by atoms with E-state index in [1.165, 1.54) is 6.33 Å². The molecule has 0 saturated heterocycles. The molecule has 0 saturated carbocycles. The Balaban J connectivity index is 2.35. The summed E-state index contributed by atoms with van der Waals surface area (Å²) in [6, 6.07) is -0.0112. The third-order valence-electron chi connectivity index (χ3n) is 2.67. The second kappa shape index (κ2) is 5.81. The fourth-order valence-corrected chi connectivity index (χ4v) is 2.99. The van der Waals surface area contributed by atoms with E-state index in [9.17, 15) is 5.11 Å². The third-order valence-corrected chi connectivity index (χ3v) is 4.71. The van der Waals surface area contributed by atoms with Crippen molar-refractivity contribution in [1.82, 2.24) is 15.0 Å². The maximum atomic E-state index is 9.36. The summed E-state index contributed by atoms with van der Waals surface area (Å²) in [5, 5.41) is 12.6. The van der Waals surface area contributed by atoms with Gasteiger partial charge in [0.15, 0.2) is 9.99 Å². The molecule has 2 aromatic heterocycles. The van der Waals surface area contributed by atoms with Gasteiger partial charge in [0.25, 0.3) is 0 Å². The topological polar surface area (TPSA) is 70.9 Å². The van der Waals surface area contributed by atoms with Crippen molar-refractivity contribution >= 4 is 39.3 Å². The first-order chi connectivity index (χ1) is 8.65. The van der Waals surface area contributed by atoms with Crippen molar-refractivity contribution in [2.24, 2.45) is 5.92 Å². The van der Waals surface area contributed by atoms with Gasteiger partial charge in [0.1, 0.15) is 16.8 Å². The monoisotopic (exact) mass is 284 g/mol. The molecule has 0 bridgehead atoms. The average Bonchev–Trinajstić information content (AvgIpc) is 2.79. The van der Waals surface area contributed by atoms with Crippen LogP contribution in [0.15, 0.2) is 10.7 Å². The van der Waals surface area contributed by atoms with Gasteiger partial charge >= 0.3 is 0 Å². The molecule has 7 heteroatoms. The van der Waals surface area contributed by atoms with Gasteiger partial charge in [-0.1, -0.05) is 25.6 Å². The highest BCUT2D eigenvalue weighted by atomic mass is 32.2. The molecule has 2 aromatic rings. The molecule has 0 radical (unpaired) electrons. The number of hydrogen-bond acceptors (Lipinski definition) is 7. The van der Waals surface area contributed by atoms with Crippen molar-refractivity contribution in [1.29, 1.82) is 0 Å². The van der Waals surface area contributed by atoms with Gasteiger partial charge in [-0.2, -0.15) is 0 Å². The fraction of sp³-hybridized carbons (Fsp3) is 0.545. The number of aliphatic hydroxyl groups excluding tert-OH is 1. The van der Waals surface area contributed by atoms with Crippen LogP contribution in [0.5, 0.6) is 0 Å². The van der Waals surface area contributed by atoms with Crippen molar-refractivity contribution < 1.29 is 5.11 Å². The largest absolute Gasteiger partial charge is 0.394 e. The Morgan fingerprint density at radius 2 is 2.22 bits per heavy atom. The molecule has 98 valence electrons. The number of thiazole rings is 1. The van der Waals surface area contributed by atoms with Crippen molar-refractivity contribution in [3.05, 3.63) is 6.33 Å². The number of aromatic nitrogens is 3. The van der Waals surface area contributed by atoms with E-state index in [1.54, 1.807) is 23.1 Å². The van der Waals surface area contributed by atoms with Crippen LogP contribution >= 0.6 is 23.1 Å². The van der Waals surface area contributed by atoms with Crippen LogP contribution in [0.25, 0.3) is 10.3 Å². The highest BCUT2D eigenvalue weighted by Crippen LogP contribution is 2.31. The van der Waals surface area contributed by atoms with Crippen LogP contribution in [0, 0.1) is 5.92 Å². The lowest BCUT2D eigenvalue weighted by Crippen LogP contribution is -2.29. The highest BCUT2D eigenvalue weighted by Gasteiger charge is 2.16. The van der Waals surface area contributed by atoms with E-state index in [0.29, 0.717) is 11.6 Å². The Hall–Kier alpha value is -0.920. The number of aliphatic hydroxyl groups is 1. The van der Waals surface area contributed by atoms with Gasteiger partial charge in [0.2, 0.25) is 0 Å². The minimum absolute atomic E-state index is 0.0112. The van der Waals surface area contributed by atoms with Crippen molar-refractivity contribution in [2.75, 3.05) is 18.2 Å². The van der Waals surface area contributed by atoms with Crippen LogP contribution in [0.1, 0.15) is 13.8 Å². The Labute approximate surface area is 114 Å². The lowest BCUT2D eigenvalue weighted by Gasteiger charge is -2.20. The smallest absolute Gasteiger partial charge is 0.176 e. The van der Waals surface area contributed by atoms with E-state index < -0.39 is 0 Å². The van der Waals surface area contributed by atoms with Crippen molar-refractivity contribution in [3.63, 3.8) is 0 Å². The van der Waals surface area contributed by atoms with E-state index in [1.807, 2.05) is 6.26 Å². The average molecular weight is 284 g/mol. The molecule has 0 aliphatic carbocycles. The second-order valence-electron chi connectivity index (χ2n) is 4.24. The summed E-state index contributed by atoms with van der Waals surface area (Å²) in [4.78, 5) is 12.8. The van der Waals surface area contributed by atoms with Gasteiger partial charge < -0.3 is 10.4 Å². The van der Waals surface area contributed by atoms with Crippen LogP contribution in [0.3, 0.4) is 0 Å². The van der Waals surface area contributed by atoms with Gasteiger partial charge in [-0.3, -0.25) is 0 Å². The number of nitrogens with zero attached hydrogens (tertiary/aromatic N) is 3. The predicted octanol–water partition coefficient (Wildman–Crippen LogP) is 2.24. The van der Waals surface area contributed by atoms with Crippen molar-refractivity contribution in [2.45, 2.75) is 24.2 Å². The summed E-state index contributed by atoms with van der Waals surface area (Å²) >= 11 is 3.17. The molecule has 0 amide bonds. The Bertz CT molecular complexity index is 529. The van der Waals surface area contributed by atoms with E-state index in [4.69, 9.17) is 0 Å². The zero-order valence-corrected chi connectivity index (χ0v) is 12.2. The number of nitrogens with one attached hydrogen (secondary N) is 1. The predicted molar refractivity (Wildman–Crippen MR) is 76.3 cm³/mol. The van der Waals surface area contributed by atoms with Gasteiger partial charge in [-0.05, 0) is 12.2 Å². The maximum absolute atomic E-state index is 9.36. The van der Waals surface area contributed by atoms with Crippen LogP contribution < -0.4 is 5.32 Å². The van der Waals surface area contributed by atoms with Gasteiger partial charge in [0, 0.05) is 0 Å². The van der Waals surface area contributed by atoms with Crippen LogP contribution in [0.2, 0.25) is 0 Å². The lowest BCUT2D eigenvalue weighted by molar-refractivity contribution is 0.249. The Morgan fingerprint density at radius 3 is 2.83 bits per heavy atom. The first-order valence-corrected chi connectivity index (χ1v) is 7.72. The number of thioether (sulfide) groups is 1. The molecule has 2 N–H and O–H groups in total.